The number of carbonyl (C=O) groups is 1. The maximum absolute atomic E-state index is 13.5. The van der Waals surface area contributed by atoms with E-state index in [2.05, 4.69) is 14.7 Å². The van der Waals surface area contributed by atoms with E-state index in [4.69, 9.17) is 4.74 Å². The Hall–Kier alpha value is -2.85. The highest BCUT2D eigenvalue weighted by Gasteiger charge is 2.26. The van der Waals surface area contributed by atoms with Gasteiger partial charge in [-0.1, -0.05) is 19.9 Å². The first-order chi connectivity index (χ1) is 14.5. The number of nitrogens with one attached hydrogen (secondary N) is 1. The first-order valence-corrected chi connectivity index (χ1v) is 11.6. The predicted octanol–water partition coefficient (Wildman–Crippen LogP) is 2.86. The number of sulfonamides is 1. The van der Waals surface area contributed by atoms with Crippen LogP contribution in [0.4, 0.5) is 10.3 Å². The van der Waals surface area contributed by atoms with Crippen molar-refractivity contribution in [2.75, 3.05) is 11.0 Å². The average Bonchev–Trinajstić information content (AvgIpc) is 2.65. The highest BCUT2D eigenvalue weighted by atomic mass is 32.2. The largest absolute Gasteiger partial charge is 0.458 e. The lowest BCUT2D eigenvalue weighted by molar-refractivity contribution is -0.156. The SMILES string of the molecule is CC(C)c1nc(NS(C)(=O)=O)nc(-c2ccc(F)cc2)c1/C=C/[C@@H]1CC(O)CC(=O)O1. The van der Waals surface area contributed by atoms with Crippen LogP contribution in [0.3, 0.4) is 0 Å². The van der Waals surface area contributed by atoms with Crippen LogP contribution in [-0.4, -0.2) is 47.9 Å². The number of esters is 1. The van der Waals surface area contributed by atoms with Crippen LogP contribution in [0.15, 0.2) is 30.3 Å². The van der Waals surface area contributed by atoms with Crippen molar-refractivity contribution < 1.29 is 27.4 Å². The molecule has 1 aromatic carbocycles. The van der Waals surface area contributed by atoms with E-state index in [1.807, 2.05) is 13.8 Å². The van der Waals surface area contributed by atoms with Crippen LogP contribution in [0, 0.1) is 5.82 Å². The molecule has 2 aromatic rings. The first kappa shape index (κ1) is 22.8. The number of nitrogens with zero attached hydrogens (tertiary/aromatic N) is 2. The zero-order valence-electron chi connectivity index (χ0n) is 17.4. The van der Waals surface area contributed by atoms with E-state index in [0.717, 1.165) is 6.26 Å². The van der Waals surface area contributed by atoms with Crippen molar-refractivity contribution in [3.63, 3.8) is 0 Å². The monoisotopic (exact) mass is 449 g/mol. The van der Waals surface area contributed by atoms with Crippen molar-refractivity contribution in [2.45, 2.75) is 44.8 Å². The van der Waals surface area contributed by atoms with Crippen molar-refractivity contribution in [2.24, 2.45) is 0 Å². The summed E-state index contributed by atoms with van der Waals surface area (Å²) in [5.41, 5.74) is 2.09. The molecule has 2 N–H and O–H groups in total. The molecule has 1 aliphatic heterocycles. The lowest BCUT2D eigenvalue weighted by Crippen LogP contribution is -2.31. The summed E-state index contributed by atoms with van der Waals surface area (Å²) in [5.74, 6) is -1.11. The number of aliphatic hydroxyl groups is 1. The van der Waals surface area contributed by atoms with Crippen molar-refractivity contribution in [3.05, 3.63) is 47.4 Å². The number of benzene rings is 1. The number of rotatable bonds is 6. The number of hydrogen-bond acceptors (Lipinski definition) is 7. The Balaban J connectivity index is 2.13. The summed E-state index contributed by atoms with van der Waals surface area (Å²) >= 11 is 0. The summed E-state index contributed by atoms with van der Waals surface area (Å²) in [6.07, 6.45) is 3.15. The normalized spacial score (nSPS) is 19.6. The molecule has 0 spiro atoms. The van der Waals surface area contributed by atoms with Crippen LogP contribution in [0.1, 0.15) is 43.9 Å². The van der Waals surface area contributed by atoms with Crippen LogP contribution < -0.4 is 4.72 Å². The van der Waals surface area contributed by atoms with Crippen LogP contribution in [0.2, 0.25) is 0 Å². The standard InChI is InChI=1S/C21H24FN3O5S/c1-12(2)19-17(9-8-16-10-15(26)11-18(27)30-16)20(13-4-6-14(22)7-5-13)24-21(23-19)25-31(3,28)29/h4-9,12,15-16,26H,10-11H2,1-3H3,(H,23,24,25)/b9-8+/t15?,16-/m1/s1. The molecule has 2 heterocycles. The number of aromatic nitrogens is 2. The molecule has 0 bridgehead atoms. The zero-order valence-corrected chi connectivity index (χ0v) is 18.2. The Morgan fingerprint density at radius 3 is 2.52 bits per heavy atom. The van der Waals surface area contributed by atoms with Gasteiger partial charge in [0.25, 0.3) is 0 Å². The fourth-order valence-electron chi connectivity index (χ4n) is 3.26. The lowest BCUT2D eigenvalue weighted by Gasteiger charge is -2.23. The summed E-state index contributed by atoms with van der Waals surface area (Å²) in [6, 6.07) is 5.63. The van der Waals surface area contributed by atoms with Crippen LogP contribution in [0.25, 0.3) is 17.3 Å². The minimum Gasteiger partial charge on any atom is -0.458 e. The maximum atomic E-state index is 13.5. The highest BCUT2D eigenvalue weighted by molar-refractivity contribution is 7.91. The first-order valence-electron chi connectivity index (χ1n) is 9.73. The van der Waals surface area contributed by atoms with Gasteiger partial charge in [-0.05, 0) is 36.3 Å². The van der Waals surface area contributed by atoms with Gasteiger partial charge in [-0.15, -0.1) is 0 Å². The van der Waals surface area contributed by atoms with Crippen LogP contribution in [-0.2, 0) is 19.6 Å². The Labute approximate surface area is 180 Å². The zero-order chi connectivity index (χ0) is 22.8. The van der Waals surface area contributed by atoms with Gasteiger partial charge in [0.15, 0.2) is 0 Å². The third-order valence-electron chi connectivity index (χ3n) is 4.58. The van der Waals surface area contributed by atoms with Gasteiger partial charge in [-0.25, -0.2) is 22.8 Å². The fourth-order valence-corrected chi connectivity index (χ4v) is 3.68. The number of carbonyl (C=O) groups excluding carboxylic acids is 1. The molecule has 1 unspecified atom stereocenters. The number of halogens is 1. The molecule has 10 heteroatoms. The van der Waals surface area contributed by atoms with E-state index >= 15 is 0 Å². The molecule has 31 heavy (non-hydrogen) atoms. The number of anilines is 1. The van der Waals surface area contributed by atoms with Crippen molar-refractivity contribution in [3.8, 4) is 11.3 Å². The Kier molecular flexibility index (Phi) is 6.71. The smallest absolute Gasteiger partial charge is 0.309 e. The second-order valence-corrected chi connectivity index (χ2v) is 9.46. The third-order valence-corrected chi connectivity index (χ3v) is 5.14. The van der Waals surface area contributed by atoms with Crippen LogP contribution in [0.5, 0.6) is 0 Å². The molecular weight excluding hydrogens is 425 g/mol. The van der Waals surface area contributed by atoms with Crippen LogP contribution >= 0.6 is 0 Å². The topological polar surface area (TPSA) is 118 Å². The number of aliphatic hydroxyl groups excluding tert-OH is 1. The third kappa shape index (κ3) is 6.08. The number of hydrogen-bond donors (Lipinski definition) is 2. The molecule has 0 amide bonds. The molecule has 1 fully saturated rings. The van der Waals surface area contributed by atoms with Gasteiger partial charge < -0.3 is 9.84 Å². The van der Waals surface area contributed by atoms with E-state index in [-0.39, 0.29) is 24.7 Å². The summed E-state index contributed by atoms with van der Waals surface area (Å²) in [6.45, 7) is 3.78. The van der Waals surface area contributed by atoms with E-state index in [1.165, 1.54) is 24.3 Å². The molecule has 1 aromatic heterocycles. The minimum absolute atomic E-state index is 0.0443. The van der Waals surface area contributed by atoms with Gasteiger partial charge in [0.05, 0.1) is 30.2 Å². The van der Waals surface area contributed by atoms with Crippen molar-refractivity contribution in [1.82, 2.24) is 9.97 Å². The highest BCUT2D eigenvalue weighted by Crippen LogP contribution is 2.31. The summed E-state index contributed by atoms with van der Waals surface area (Å²) in [4.78, 5) is 20.4. The summed E-state index contributed by atoms with van der Waals surface area (Å²) < 4.78 is 44.5. The molecular formula is C21H24FN3O5S. The van der Waals surface area contributed by atoms with Gasteiger partial charge in [0, 0.05) is 17.5 Å². The quantitative estimate of drug-likeness (QED) is 0.651. The van der Waals surface area contributed by atoms with Gasteiger partial charge in [0.2, 0.25) is 16.0 Å². The van der Waals surface area contributed by atoms with Gasteiger partial charge in [-0.3, -0.25) is 9.52 Å². The van der Waals surface area contributed by atoms with Crippen molar-refractivity contribution in [1.29, 1.82) is 0 Å². The molecule has 8 nitrogen and oxygen atoms in total. The maximum Gasteiger partial charge on any atom is 0.309 e. The van der Waals surface area contributed by atoms with Crippen molar-refractivity contribution >= 4 is 28.0 Å². The van der Waals surface area contributed by atoms with Gasteiger partial charge in [-0.2, -0.15) is 0 Å². The second kappa shape index (κ2) is 9.11. The Morgan fingerprint density at radius 1 is 1.26 bits per heavy atom. The Morgan fingerprint density at radius 2 is 1.94 bits per heavy atom. The Bertz CT molecular complexity index is 1100. The second-order valence-electron chi connectivity index (χ2n) is 7.71. The molecule has 0 aliphatic carbocycles. The van der Waals surface area contributed by atoms with Gasteiger partial charge in [0.1, 0.15) is 11.9 Å². The molecule has 0 saturated carbocycles. The van der Waals surface area contributed by atoms with E-state index < -0.39 is 34.0 Å². The molecule has 1 aliphatic rings. The summed E-state index contributed by atoms with van der Waals surface area (Å²) in [5, 5.41) is 9.83. The minimum atomic E-state index is -3.62. The van der Waals surface area contributed by atoms with E-state index in [9.17, 15) is 22.7 Å². The molecule has 2 atom stereocenters. The fraction of sp³-hybridized carbons (Fsp3) is 0.381. The van der Waals surface area contributed by atoms with Gasteiger partial charge >= 0.3 is 5.97 Å². The predicted molar refractivity (Wildman–Crippen MR) is 114 cm³/mol. The number of ether oxygens (including phenoxy) is 1. The summed E-state index contributed by atoms with van der Waals surface area (Å²) in [7, 11) is -3.62. The van der Waals surface area contributed by atoms with E-state index in [0.29, 0.717) is 22.5 Å². The average molecular weight is 450 g/mol. The molecule has 0 radical (unpaired) electrons. The lowest BCUT2D eigenvalue weighted by atomic mass is 9.97. The van der Waals surface area contributed by atoms with E-state index in [1.54, 1.807) is 12.2 Å². The molecule has 1 saturated heterocycles. The molecule has 3 rings (SSSR count). The molecule has 166 valence electrons. The number of cyclic esters (lactones) is 1.